The van der Waals surface area contributed by atoms with Crippen LogP contribution in [0.5, 0.6) is 0 Å². The number of rotatable bonds is 1. The van der Waals surface area contributed by atoms with E-state index in [-0.39, 0.29) is 0 Å². The van der Waals surface area contributed by atoms with Crippen LogP contribution >= 0.6 is 0 Å². The second-order valence-corrected chi connectivity index (χ2v) is 2.20. The highest BCUT2D eigenvalue weighted by Gasteiger charge is 2.00. The topological polar surface area (TPSA) is 0 Å². The molecule has 0 amide bonds. The molecule has 0 aromatic rings. The van der Waals surface area contributed by atoms with E-state index in [9.17, 15) is 0 Å². The maximum absolute atomic E-state index is 2.23. The van der Waals surface area contributed by atoms with E-state index in [1.165, 1.54) is 17.6 Å². The summed E-state index contributed by atoms with van der Waals surface area (Å²) in [4.78, 5) is 0. The second-order valence-electron chi connectivity index (χ2n) is 2.20. The molecule has 0 N–H and O–H groups in total. The molecule has 1 aliphatic carbocycles. The van der Waals surface area contributed by atoms with Crippen molar-refractivity contribution < 1.29 is 0 Å². The monoisotopic (exact) mass is 94.1 g/mol. The molecular weight excluding hydrogens is 84.1 g/mol. The predicted molar refractivity (Wildman–Crippen MR) is 32.1 cm³/mol. The Morgan fingerprint density at radius 3 is 2.43 bits per heavy atom. The van der Waals surface area contributed by atoms with E-state index in [4.69, 9.17) is 0 Å². The zero-order chi connectivity index (χ0) is 5.28. The third-order valence-corrected chi connectivity index (χ3v) is 0.914. The summed E-state index contributed by atoms with van der Waals surface area (Å²) in [7, 11) is 0. The maximum atomic E-state index is 2.23. The Bertz CT molecular complexity index is 123. The predicted octanol–water partition coefficient (Wildman–Crippen LogP) is 2.28. The first kappa shape index (κ1) is 4.63. The van der Waals surface area contributed by atoms with Crippen LogP contribution in [0.1, 0.15) is 20.3 Å². The van der Waals surface area contributed by atoms with Crippen molar-refractivity contribution in [2.75, 3.05) is 0 Å². The lowest BCUT2D eigenvalue weighted by atomic mass is 10.3. The van der Waals surface area contributed by atoms with Crippen molar-refractivity contribution >= 4 is 0 Å². The van der Waals surface area contributed by atoms with Gasteiger partial charge in [0.25, 0.3) is 0 Å². The van der Waals surface area contributed by atoms with E-state index in [0.717, 1.165) is 0 Å². The van der Waals surface area contributed by atoms with Gasteiger partial charge in [-0.2, -0.15) is 0 Å². The third-order valence-electron chi connectivity index (χ3n) is 0.914. The molecule has 0 fully saturated rings. The molecule has 0 saturated heterocycles. The minimum absolute atomic E-state index is 1.23. The van der Waals surface area contributed by atoms with Gasteiger partial charge in [-0.25, -0.2) is 0 Å². The Morgan fingerprint density at radius 1 is 1.71 bits per heavy atom. The quantitative estimate of drug-likeness (QED) is 0.467. The van der Waals surface area contributed by atoms with E-state index in [0.29, 0.717) is 0 Å². The Balaban J connectivity index is 2.45. The molecule has 0 nitrogen and oxygen atoms in total. The summed E-state index contributed by atoms with van der Waals surface area (Å²) in [5.74, 6) is 0. The molecule has 0 unspecified atom stereocenters. The highest BCUT2D eigenvalue weighted by molar-refractivity contribution is 5.35. The van der Waals surface area contributed by atoms with Gasteiger partial charge in [0.05, 0.1) is 0 Å². The molecule has 0 bridgehead atoms. The van der Waals surface area contributed by atoms with Gasteiger partial charge in [0, 0.05) is 0 Å². The summed E-state index contributed by atoms with van der Waals surface area (Å²) in [5.41, 5.74) is 2.91. The van der Waals surface area contributed by atoms with Crippen LogP contribution in [0.4, 0.5) is 0 Å². The summed E-state index contributed by atoms with van der Waals surface area (Å²) >= 11 is 0. The van der Waals surface area contributed by atoms with Crippen LogP contribution in [0.15, 0.2) is 23.3 Å². The lowest BCUT2D eigenvalue weighted by Crippen LogP contribution is -1.58. The Morgan fingerprint density at radius 2 is 2.29 bits per heavy atom. The van der Waals surface area contributed by atoms with E-state index < -0.39 is 0 Å². The van der Waals surface area contributed by atoms with Crippen molar-refractivity contribution in [3.8, 4) is 0 Å². The van der Waals surface area contributed by atoms with Crippen LogP contribution in [0, 0.1) is 0 Å². The molecule has 0 aliphatic heterocycles. The van der Waals surface area contributed by atoms with Gasteiger partial charge >= 0.3 is 0 Å². The van der Waals surface area contributed by atoms with Crippen molar-refractivity contribution in [1.29, 1.82) is 0 Å². The average molecular weight is 94.2 g/mol. The fourth-order valence-corrected chi connectivity index (χ4v) is 0.548. The summed E-state index contributed by atoms with van der Waals surface area (Å²) < 4.78 is 0. The first-order chi connectivity index (χ1) is 3.29. The summed E-state index contributed by atoms with van der Waals surface area (Å²) in [5, 5.41) is 0. The number of allylic oxidation sites excluding steroid dienone is 4. The van der Waals surface area contributed by atoms with Gasteiger partial charge in [0.2, 0.25) is 0 Å². The molecule has 0 atom stereocenters. The maximum Gasteiger partial charge on any atom is -0.00946 e. The van der Waals surface area contributed by atoms with Crippen LogP contribution in [0.3, 0.4) is 0 Å². The van der Waals surface area contributed by atoms with E-state index >= 15 is 0 Å². The van der Waals surface area contributed by atoms with Crippen molar-refractivity contribution in [3.05, 3.63) is 23.3 Å². The smallest absolute Gasteiger partial charge is 0.00946 e. The molecule has 0 heterocycles. The fraction of sp³-hybridized carbons (Fsp3) is 0.429. The van der Waals surface area contributed by atoms with Gasteiger partial charge in [-0.15, -0.1) is 0 Å². The number of hydrogen-bond acceptors (Lipinski definition) is 0. The normalized spacial score (nSPS) is 15.4. The van der Waals surface area contributed by atoms with E-state index in [1.54, 1.807) is 0 Å². The standard InChI is InChI=1S/C7H10/c1-6(2)5-7-3-4-7/h3,5H,4H2,1-2H3. The molecule has 0 spiro atoms. The van der Waals surface area contributed by atoms with Gasteiger partial charge in [0.15, 0.2) is 0 Å². The molecule has 38 valence electrons. The number of hydrogen-bond donors (Lipinski definition) is 0. The minimum atomic E-state index is 1.23. The SMILES string of the molecule is CC(C)=CC1=CC1. The van der Waals surface area contributed by atoms with Crippen molar-refractivity contribution in [2.24, 2.45) is 0 Å². The zero-order valence-electron chi connectivity index (χ0n) is 4.86. The molecule has 0 saturated carbocycles. The van der Waals surface area contributed by atoms with Gasteiger partial charge < -0.3 is 0 Å². The molecular formula is C7H10. The average Bonchev–Trinajstić information content (AvgIpc) is 2.17. The van der Waals surface area contributed by atoms with Crippen LogP contribution in [-0.4, -0.2) is 0 Å². The highest BCUT2D eigenvalue weighted by Crippen LogP contribution is 2.20. The lowest BCUT2D eigenvalue weighted by Gasteiger charge is -1.79. The summed E-state index contributed by atoms with van der Waals surface area (Å²) in [6.07, 6.45) is 5.68. The fourth-order valence-electron chi connectivity index (χ4n) is 0.548. The van der Waals surface area contributed by atoms with Crippen LogP contribution in [0.25, 0.3) is 0 Å². The van der Waals surface area contributed by atoms with Crippen molar-refractivity contribution in [1.82, 2.24) is 0 Å². The van der Waals surface area contributed by atoms with E-state index in [2.05, 4.69) is 26.0 Å². The van der Waals surface area contributed by atoms with Crippen LogP contribution < -0.4 is 0 Å². The summed E-state index contributed by atoms with van der Waals surface area (Å²) in [6, 6.07) is 0. The summed E-state index contributed by atoms with van der Waals surface area (Å²) in [6.45, 7) is 4.25. The minimum Gasteiger partial charge on any atom is -0.0766 e. The molecule has 0 radical (unpaired) electrons. The Labute approximate surface area is 44.5 Å². The van der Waals surface area contributed by atoms with Gasteiger partial charge in [-0.05, 0) is 25.8 Å². The molecule has 0 heteroatoms. The van der Waals surface area contributed by atoms with Gasteiger partial charge in [-0.3, -0.25) is 0 Å². The molecule has 0 aromatic heterocycles. The van der Waals surface area contributed by atoms with E-state index in [1.807, 2.05) is 0 Å². The zero-order valence-corrected chi connectivity index (χ0v) is 4.86. The van der Waals surface area contributed by atoms with Gasteiger partial charge in [-0.1, -0.05) is 17.7 Å². The molecule has 1 rings (SSSR count). The third kappa shape index (κ3) is 1.58. The Kier molecular flexibility index (Phi) is 1.01. The highest BCUT2D eigenvalue weighted by atomic mass is 14.1. The van der Waals surface area contributed by atoms with Crippen molar-refractivity contribution in [3.63, 3.8) is 0 Å². The Hall–Kier alpha value is -0.520. The van der Waals surface area contributed by atoms with Crippen LogP contribution in [-0.2, 0) is 0 Å². The first-order valence-electron chi connectivity index (χ1n) is 2.63. The second kappa shape index (κ2) is 1.53. The lowest BCUT2D eigenvalue weighted by molar-refractivity contribution is 1.37. The largest absolute Gasteiger partial charge is 0.0766 e. The van der Waals surface area contributed by atoms with Crippen molar-refractivity contribution in [2.45, 2.75) is 20.3 Å². The molecule has 7 heavy (non-hydrogen) atoms. The molecule has 1 aliphatic rings. The van der Waals surface area contributed by atoms with Crippen LogP contribution in [0.2, 0.25) is 0 Å². The first-order valence-corrected chi connectivity index (χ1v) is 2.63. The molecule has 0 aromatic carbocycles. The van der Waals surface area contributed by atoms with Gasteiger partial charge in [0.1, 0.15) is 0 Å².